The van der Waals surface area contributed by atoms with Crippen LogP contribution in [0.2, 0.25) is 5.02 Å². The first kappa shape index (κ1) is 13.2. The van der Waals surface area contributed by atoms with Crippen LogP contribution in [0.1, 0.15) is 40.5 Å². The van der Waals surface area contributed by atoms with Gasteiger partial charge in [0.1, 0.15) is 0 Å². The number of hydrogen-bond acceptors (Lipinski definition) is 4. The van der Waals surface area contributed by atoms with E-state index in [4.69, 9.17) is 16.3 Å². The van der Waals surface area contributed by atoms with E-state index in [1.807, 2.05) is 0 Å². The summed E-state index contributed by atoms with van der Waals surface area (Å²) in [5.74, 6) is 0.612. The summed E-state index contributed by atoms with van der Waals surface area (Å²) < 4.78 is 5.48. The first-order chi connectivity index (χ1) is 9.10. The number of Topliss-reactive ketones (excluding diaryl/α,β-unsaturated/α-hetero) is 2. The molecule has 1 aromatic rings. The number of fused-ring (bicyclic) bond motifs is 2. The minimum absolute atomic E-state index is 0.0927. The SMILES string of the molecule is CCCCSC12OC1C(=O)c1cc(Cl)ccc1C2=O. The number of ether oxygens (including phenoxy) is 1. The molecule has 1 saturated heterocycles. The van der Waals surface area contributed by atoms with E-state index in [0.29, 0.717) is 16.1 Å². The number of halogens is 1. The molecule has 1 heterocycles. The third-order valence-electron chi connectivity index (χ3n) is 3.44. The molecule has 0 aromatic heterocycles. The molecule has 0 bridgehead atoms. The fourth-order valence-electron chi connectivity index (χ4n) is 2.33. The Balaban J connectivity index is 1.93. The van der Waals surface area contributed by atoms with Crippen molar-refractivity contribution in [3.05, 3.63) is 34.3 Å². The highest BCUT2D eigenvalue weighted by atomic mass is 35.5. The predicted octanol–water partition coefficient (Wildman–Crippen LogP) is 3.35. The van der Waals surface area contributed by atoms with Gasteiger partial charge in [0.2, 0.25) is 10.7 Å². The maximum Gasteiger partial charge on any atom is 0.211 e. The summed E-state index contributed by atoms with van der Waals surface area (Å²) in [6, 6.07) is 4.82. The standard InChI is InChI=1S/C14H13ClO3S/c1-2-3-6-19-14-12(17)9-5-4-8(15)7-10(9)11(16)13(14)18-14/h4-5,7,13H,2-3,6H2,1H3. The van der Waals surface area contributed by atoms with Gasteiger partial charge in [0, 0.05) is 16.1 Å². The lowest BCUT2D eigenvalue weighted by Gasteiger charge is -2.18. The predicted molar refractivity (Wildman–Crippen MR) is 75.1 cm³/mol. The number of thioether (sulfide) groups is 1. The molecular weight excluding hydrogens is 284 g/mol. The Hall–Kier alpha value is -0.840. The first-order valence-electron chi connectivity index (χ1n) is 6.30. The van der Waals surface area contributed by atoms with Crippen molar-refractivity contribution >= 4 is 34.9 Å². The minimum Gasteiger partial charge on any atom is -0.337 e. The summed E-state index contributed by atoms with van der Waals surface area (Å²) >= 11 is 7.33. The fraction of sp³-hybridized carbons (Fsp3) is 0.429. The number of ketones is 2. The molecule has 0 saturated carbocycles. The Morgan fingerprint density at radius 2 is 2.16 bits per heavy atom. The molecule has 3 rings (SSSR count). The summed E-state index contributed by atoms with van der Waals surface area (Å²) in [5.41, 5.74) is 0.832. The molecule has 2 unspecified atom stereocenters. The molecule has 3 nitrogen and oxygen atoms in total. The van der Waals surface area contributed by atoms with Gasteiger partial charge in [0.15, 0.2) is 11.9 Å². The normalized spacial score (nSPS) is 28.0. The molecule has 0 spiro atoms. The quantitative estimate of drug-likeness (QED) is 0.631. The van der Waals surface area contributed by atoms with Crippen LogP contribution in [-0.2, 0) is 4.74 Å². The average Bonchev–Trinajstić information content (AvgIpc) is 3.13. The smallest absolute Gasteiger partial charge is 0.211 e. The molecule has 2 aliphatic rings. The summed E-state index contributed by atoms with van der Waals surface area (Å²) in [5, 5.41) is 0.465. The van der Waals surface area contributed by atoms with Crippen molar-refractivity contribution in [3.63, 3.8) is 0 Å². The number of carbonyl (C=O) groups excluding carboxylic acids is 2. The average molecular weight is 297 g/mol. The molecule has 1 fully saturated rings. The van der Waals surface area contributed by atoms with Gasteiger partial charge in [-0.15, -0.1) is 11.8 Å². The van der Waals surface area contributed by atoms with Crippen molar-refractivity contribution in [1.29, 1.82) is 0 Å². The highest BCUT2D eigenvalue weighted by Gasteiger charge is 2.69. The molecule has 100 valence electrons. The van der Waals surface area contributed by atoms with Crippen molar-refractivity contribution in [1.82, 2.24) is 0 Å². The van der Waals surface area contributed by atoms with Crippen LogP contribution in [0.25, 0.3) is 0 Å². The number of epoxide rings is 1. The Labute approximate surface area is 120 Å². The first-order valence-corrected chi connectivity index (χ1v) is 7.67. The number of benzene rings is 1. The number of rotatable bonds is 4. The van der Waals surface area contributed by atoms with Gasteiger partial charge in [-0.1, -0.05) is 24.9 Å². The number of unbranched alkanes of at least 4 members (excludes halogenated alkanes) is 1. The Bertz CT molecular complexity index is 572. The zero-order valence-corrected chi connectivity index (χ0v) is 12.0. The minimum atomic E-state index is -0.951. The molecule has 5 heteroatoms. The van der Waals surface area contributed by atoms with Crippen molar-refractivity contribution < 1.29 is 14.3 Å². The highest BCUT2D eigenvalue weighted by molar-refractivity contribution is 8.01. The lowest BCUT2D eigenvalue weighted by atomic mass is 9.89. The second kappa shape index (κ2) is 4.62. The molecule has 2 atom stereocenters. The summed E-state index contributed by atoms with van der Waals surface area (Å²) in [6.45, 7) is 2.09. The Morgan fingerprint density at radius 1 is 1.37 bits per heavy atom. The van der Waals surface area contributed by atoms with E-state index in [1.54, 1.807) is 18.2 Å². The van der Waals surface area contributed by atoms with Gasteiger partial charge >= 0.3 is 0 Å². The third-order valence-corrected chi connectivity index (χ3v) is 5.09. The van der Waals surface area contributed by atoms with Gasteiger partial charge in [0.25, 0.3) is 0 Å². The Kier molecular flexibility index (Phi) is 3.20. The van der Waals surface area contributed by atoms with Crippen LogP contribution < -0.4 is 0 Å². The molecule has 0 radical (unpaired) electrons. The van der Waals surface area contributed by atoms with Crippen LogP contribution in [-0.4, -0.2) is 28.4 Å². The van der Waals surface area contributed by atoms with E-state index in [2.05, 4.69) is 6.92 Å². The summed E-state index contributed by atoms with van der Waals surface area (Å²) in [4.78, 5) is 23.8. The van der Waals surface area contributed by atoms with Crippen LogP contribution in [0, 0.1) is 0 Å². The van der Waals surface area contributed by atoms with Crippen molar-refractivity contribution in [2.24, 2.45) is 0 Å². The van der Waals surface area contributed by atoms with Crippen molar-refractivity contribution in [2.45, 2.75) is 30.8 Å². The molecular formula is C14H13ClO3S. The monoisotopic (exact) mass is 296 g/mol. The van der Waals surface area contributed by atoms with Gasteiger partial charge < -0.3 is 4.74 Å². The largest absolute Gasteiger partial charge is 0.337 e. The van der Waals surface area contributed by atoms with Crippen LogP contribution in [0.15, 0.2) is 18.2 Å². The van der Waals surface area contributed by atoms with Gasteiger partial charge in [-0.25, -0.2) is 0 Å². The third kappa shape index (κ3) is 1.93. The Morgan fingerprint density at radius 3 is 2.89 bits per heavy atom. The molecule has 19 heavy (non-hydrogen) atoms. The fourth-order valence-corrected chi connectivity index (χ4v) is 3.90. The van der Waals surface area contributed by atoms with Gasteiger partial charge in [0.05, 0.1) is 0 Å². The van der Waals surface area contributed by atoms with Gasteiger partial charge in [-0.3, -0.25) is 9.59 Å². The zero-order valence-electron chi connectivity index (χ0n) is 10.4. The number of hydrogen-bond donors (Lipinski definition) is 0. The van der Waals surface area contributed by atoms with Crippen molar-refractivity contribution in [2.75, 3.05) is 5.75 Å². The maximum absolute atomic E-state index is 12.5. The molecule has 1 aliphatic carbocycles. The summed E-state index contributed by atoms with van der Waals surface area (Å²) in [6.07, 6.45) is 1.45. The molecule has 0 N–H and O–H groups in total. The van der Waals surface area contributed by atoms with E-state index >= 15 is 0 Å². The van der Waals surface area contributed by atoms with Crippen LogP contribution >= 0.6 is 23.4 Å². The second-order valence-electron chi connectivity index (χ2n) is 4.75. The molecule has 1 aromatic carbocycles. The molecule has 1 aliphatic heterocycles. The molecule has 0 amide bonds. The van der Waals surface area contributed by atoms with E-state index in [0.717, 1.165) is 18.6 Å². The van der Waals surface area contributed by atoms with Crippen molar-refractivity contribution in [3.8, 4) is 0 Å². The van der Waals surface area contributed by atoms with Gasteiger partial charge in [-0.05, 0) is 30.4 Å². The second-order valence-corrected chi connectivity index (χ2v) is 6.49. The van der Waals surface area contributed by atoms with Gasteiger partial charge in [-0.2, -0.15) is 0 Å². The van der Waals surface area contributed by atoms with Crippen LogP contribution in [0.4, 0.5) is 0 Å². The van der Waals surface area contributed by atoms with E-state index in [1.165, 1.54) is 11.8 Å². The zero-order chi connectivity index (χ0) is 13.6. The lowest BCUT2D eigenvalue weighted by Crippen LogP contribution is -2.34. The van der Waals surface area contributed by atoms with Crippen LogP contribution in [0.5, 0.6) is 0 Å². The van der Waals surface area contributed by atoms with E-state index in [9.17, 15) is 9.59 Å². The van der Waals surface area contributed by atoms with E-state index in [-0.39, 0.29) is 11.6 Å². The highest BCUT2D eigenvalue weighted by Crippen LogP contribution is 2.53. The lowest BCUT2D eigenvalue weighted by molar-refractivity contribution is 0.0911. The number of carbonyl (C=O) groups is 2. The van der Waals surface area contributed by atoms with E-state index < -0.39 is 11.0 Å². The van der Waals surface area contributed by atoms with Crippen LogP contribution in [0.3, 0.4) is 0 Å². The maximum atomic E-state index is 12.5. The topological polar surface area (TPSA) is 46.7 Å². The summed E-state index contributed by atoms with van der Waals surface area (Å²) in [7, 11) is 0.